The third kappa shape index (κ3) is 3.49. The molecule has 0 saturated heterocycles. The van der Waals surface area contributed by atoms with Crippen molar-refractivity contribution in [3.05, 3.63) is 40.1 Å². The first-order valence-corrected chi connectivity index (χ1v) is 8.02. The lowest BCUT2D eigenvalue weighted by Gasteiger charge is -2.22. The van der Waals surface area contributed by atoms with Crippen LogP contribution in [0, 0.1) is 6.20 Å². The quantitative estimate of drug-likeness (QED) is 0.874. The number of sulfonamides is 1. The molecule has 0 saturated carbocycles. The van der Waals surface area contributed by atoms with Crippen molar-refractivity contribution in [2.45, 2.75) is 18.0 Å². The Morgan fingerprint density at radius 3 is 2.81 bits per heavy atom. The number of ether oxygens (including phenoxy) is 1. The van der Waals surface area contributed by atoms with E-state index in [0.29, 0.717) is 5.70 Å². The normalized spacial score (nSPS) is 18.6. The Bertz CT molecular complexity index is 716. The fraction of sp³-hybridized carbons (Fsp3) is 0.250. The van der Waals surface area contributed by atoms with Gasteiger partial charge in [0.25, 0.3) is 10.0 Å². The lowest BCUT2D eigenvalue weighted by molar-refractivity contribution is 0.134. The molecule has 1 aromatic rings. The second-order valence-electron chi connectivity index (χ2n) is 4.12. The van der Waals surface area contributed by atoms with Crippen LogP contribution in [-0.4, -0.2) is 27.6 Å². The van der Waals surface area contributed by atoms with Crippen molar-refractivity contribution in [1.29, 1.82) is 0 Å². The Balaban J connectivity index is 2.37. The van der Waals surface area contributed by atoms with E-state index in [1.54, 1.807) is 6.92 Å². The molecule has 0 aliphatic carbocycles. The van der Waals surface area contributed by atoms with Gasteiger partial charge in [-0.25, -0.2) is 13.4 Å². The minimum atomic E-state index is -3.94. The average molecular weight is 349 g/mol. The van der Waals surface area contributed by atoms with Gasteiger partial charge in [-0.1, -0.05) is 29.3 Å². The van der Waals surface area contributed by atoms with Gasteiger partial charge in [0.15, 0.2) is 12.1 Å². The molecule has 6 nitrogen and oxygen atoms in total. The first-order chi connectivity index (χ1) is 9.85. The number of nitrogens with one attached hydrogen (secondary N) is 2. The lowest BCUT2D eigenvalue weighted by atomic mass is 10.4. The summed E-state index contributed by atoms with van der Waals surface area (Å²) in [6, 6.07) is 4.35. The highest BCUT2D eigenvalue weighted by Crippen LogP contribution is 2.28. The maximum absolute atomic E-state index is 12.4. The second-order valence-corrected chi connectivity index (χ2v) is 6.56. The van der Waals surface area contributed by atoms with Gasteiger partial charge in [0.2, 0.25) is 0 Å². The summed E-state index contributed by atoms with van der Waals surface area (Å²) in [5, 5.41) is 2.84. The molecule has 1 radical (unpaired) electrons. The Hall–Kier alpha value is -1.28. The number of benzene rings is 1. The summed E-state index contributed by atoms with van der Waals surface area (Å²) in [5.74, 6) is 0.0878. The molecule has 9 heteroatoms. The van der Waals surface area contributed by atoms with E-state index in [9.17, 15) is 8.42 Å². The Morgan fingerprint density at radius 2 is 2.14 bits per heavy atom. The number of halogens is 2. The van der Waals surface area contributed by atoms with Gasteiger partial charge in [0.1, 0.15) is 4.90 Å². The van der Waals surface area contributed by atoms with Crippen molar-refractivity contribution >= 4 is 39.1 Å². The number of methoxy groups -OCH3 is 1. The van der Waals surface area contributed by atoms with E-state index in [0.717, 1.165) is 0 Å². The third-order valence-corrected chi connectivity index (χ3v) is 4.93. The van der Waals surface area contributed by atoms with Gasteiger partial charge in [-0.2, -0.15) is 0 Å². The summed E-state index contributed by atoms with van der Waals surface area (Å²) in [5.41, 5.74) is 0.484. The number of allylic oxidation sites excluding steroid dienone is 1. The number of aliphatic imine (C=N–C) groups is 1. The molecule has 0 spiro atoms. The molecule has 1 atom stereocenters. The minimum absolute atomic E-state index is 0.0520. The van der Waals surface area contributed by atoms with Crippen molar-refractivity contribution in [3.63, 3.8) is 0 Å². The second kappa shape index (κ2) is 6.23. The summed E-state index contributed by atoms with van der Waals surface area (Å²) in [7, 11) is -2.52. The average Bonchev–Trinajstić information content (AvgIpc) is 2.41. The first kappa shape index (κ1) is 16.1. The van der Waals surface area contributed by atoms with Crippen LogP contribution in [0.2, 0.25) is 10.0 Å². The molecule has 1 aliphatic heterocycles. The van der Waals surface area contributed by atoms with Crippen LogP contribution < -0.4 is 10.0 Å². The molecular formula is C12H12Cl2N3O3S. The fourth-order valence-corrected chi connectivity index (χ4v) is 3.44. The molecule has 1 aromatic carbocycles. The molecule has 0 fully saturated rings. The molecule has 1 heterocycles. The van der Waals surface area contributed by atoms with Crippen molar-refractivity contribution in [2.75, 3.05) is 7.11 Å². The lowest BCUT2D eigenvalue weighted by Crippen LogP contribution is -2.47. The molecular weight excluding hydrogens is 337 g/mol. The molecule has 0 bridgehead atoms. The predicted molar refractivity (Wildman–Crippen MR) is 80.6 cm³/mol. The Labute approximate surface area is 132 Å². The monoisotopic (exact) mass is 348 g/mol. The molecule has 2 rings (SSSR count). The predicted octanol–water partition coefficient (Wildman–Crippen LogP) is 1.91. The summed E-state index contributed by atoms with van der Waals surface area (Å²) < 4.78 is 32.2. The van der Waals surface area contributed by atoms with Crippen molar-refractivity contribution in [3.8, 4) is 0 Å². The van der Waals surface area contributed by atoms with E-state index in [4.69, 9.17) is 27.9 Å². The van der Waals surface area contributed by atoms with E-state index >= 15 is 0 Å². The smallest absolute Gasteiger partial charge is 0.264 e. The standard InChI is InChI=1S/C12H12Cl2N3O3S/c1-7-6-15-12(20-2)11(16-7)17-21(18,19)9-5-3-4-8(13)10(9)14/h3-5,12,15H,1-2H3,(H,16,17)/t12-/m0/s1. The molecule has 2 N–H and O–H groups in total. The highest BCUT2D eigenvalue weighted by atomic mass is 35.5. The van der Waals surface area contributed by atoms with Crippen LogP contribution in [0.4, 0.5) is 0 Å². The van der Waals surface area contributed by atoms with Crippen molar-refractivity contribution in [2.24, 2.45) is 4.99 Å². The largest absolute Gasteiger partial charge is 0.354 e. The first-order valence-electron chi connectivity index (χ1n) is 5.78. The zero-order chi connectivity index (χ0) is 15.6. The molecule has 21 heavy (non-hydrogen) atoms. The number of nitrogens with zero attached hydrogens (tertiary/aromatic N) is 1. The van der Waals surface area contributed by atoms with Crippen LogP contribution in [0.15, 0.2) is 33.8 Å². The summed E-state index contributed by atoms with van der Waals surface area (Å²) in [6.45, 7) is 1.67. The summed E-state index contributed by atoms with van der Waals surface area (Å²) in [6.07, 6.45) is 1.98. The maximum Gasteiger partial charge on any atom is 0.264 e. The van der Waals surface area contributed by atoms with Crippen LogP contribution in [0.3, 0.4) is 0 Å². The zero-order valence-electron chi connectivity index (χ0n) is 11.1. The maximum atomic E-state index is 12.4. The zero-order valence-corrected chi connectivity index (χ0v) is 13.5. The van der Waals surface area contributed by atoms with E-state index in [2.05, 4.69) is 21.2 Å². The van der Waals surface area contributed by atoms with Crippen LogP contribution in [0.5, 0.6) is 0 Å². The molecule has 0 aromatic heterocycles. The van der Waals surface area contributed by atoms with Gasteiger partial charge in [0, 0.05) is 7.11 Å². The highest BCUT2D eigenvalue weighted by molar-refractivity contribution is 7.90. The van der Waals surface area contributed by atoms with Gasteiger partial charge in [-0.05, 0) is 19.1 Å². The topological polar surface area (TPSA) is 79.8 Å². The fourth-order valence-electron chi connectivity index (χ4n) is 1.64. The highest BCUT2D eigenvalue weighted by Gasteiger charge is 2.26. The Morgan fingerprint density at radius 1 is 1.43 bits per heavy atom. The number of hydrogen-bond acceptors (Lipinski definition) is 5. The van der Waals surface area contributed by atoms with Crippen LogP contribution in [-0.2, 0) is 14.8 Å². The summed E-state index contributed by atoms with van der Waals surface area (Å²) >= 11 is 11.8. The van der Waals surface area contributed by atoms with Gasteiger partial charge in [-0.15, -0.1) is 0 Å². The van der Waals surface area contributed by atoms with E-state index in [1.807, 2.05) is 0 Å². The van der Waals surface area contributed by atoms with Crippen molar-refractivity contribution < 1.29 is 13.2 Å². The number of rotatable bonds is 3. The van der Waals surface area contributed by atoms with Crippen LogP contribution in [0.1, 0.15) is 6.92 Å². The van der Waals surface area contributed by atoms with Crippen molar-refractivity contribution in [1.82, 2.24) is 10.0 Å². The molecule has 0 unspecified atom stereocenters. The van der Waals surface area contributed by atoms with Gasteiger partial charge in [-0.3, -0.25) is 4.72 Å². The molecule has 1 aliphatic rings. The van der Waals surface area contributed by atoms with Crippen LogP contribution >= 0.6 is 23.2 Å². The van der Waals surface area contributed by atoms with E-state index in [-0.39, 0.29) is 20.8 Å². The van der Waals surface area contributed by atoms with E-state index in [1.165, 1.54) is 25.3 Å². The minimum Gasteiger partial charge on any atom is -0.354 e. The molecule has 0 amide bonds. The SMILES string of the molecule is CO[C@@H]1N[C]=C(C)N=C1NS(=O)(=O)c1cccc(Cl)c1Cl. The van der Waals surface area contributed by atoms with Crippen LogP contribution in [0.25, 0.3) is 0 Å². The van der Waals surface area contributed by atoms with Gasteiger partial charge >= 0.3 is 0 Å². The molecule has 113 valence electrons. The number of hydrogen-bond donors (Lipinski definition) is 2. The van der Waals surface area contributed by atoms with E-state index < -0.39 is 16.3 Å². The van der Waals surface area contributed by atoms with Gasteiger partial charge in [0.05, 0.1) is 21.9 Å². The van der Waals surface area contributed by atoms with Gasteiger partial charge < -0.3 is 10.1 Å². The summed E-state index contributed by atoms with van der Waals surface area (Å²) in [4.78, 5) is 3.93. The third-order valence-electron chi connectivity index (χ3n) is 2.60. The number of amidine groups is 1. The Kier molecular flexibility index (Phi) is 4.77.